The van der Waals surface area contributed by atoms with Gasteiger partial charge in [0.15, 0.2) is 0 Å². The van der Waals surface area contributed by atoms with E-state index in [0.29, 0.717) is 51.9 Å². The summed E-state index contributed by atoms with van der Waals surface area (Å²) in [6.07, 6.45) is 0.636. The van der Waals surface area contributed by atoms with Gasteiger partial charge >= 0.3 is 0 Å². The summed E-state index contributed by atoms with van der Waals surface area (Å²) < 4.78 is 40.8. The fraction of sp³-hybridized carbons (Fsp3) is 0.647. The van der Waals surface area contributed by atoms with E-state index >= 15 is 0 Å². The molecule has 1 fully saturated rings. The summed E-state index contributed by atoms with van der Waals surface area (Å²) in [4.78, 5) is 2.36. The molecule has 2 unspecified atom stereocenters. The van der Waals surface area contributed by atoms with Crippen LogP contribution in [0.5, 0.6) is 5.75 Å². The minimum Gasteiger partial charge on any atom is -0.490 e. The van der Waals surface area contributed by atoms with Gasteiger partial charge in [0, 0.05) is 46.9 Å². The third-order valence-electron chi connectivity index (χ3n) is 8.19. The largest absolute Gasteiger partial charge is 0.490 e. The molecule has 0 bridgehead atoms. The van der Waals surface area contributed by atoms with Crippen molar-refractivity contribution >= 4 is 5.69 Å². The van der Waals surface area contributed by atoms with E-state index in [1.165, 1.54) is 0 Å². The number of hydrogen-bond acceptors (Lipinski definition) is 10. The number of aliphatic hydroxyl groups is 1. The molecule has 10 heteroatoms. The average Bonchev–Trinajstić information content (AvgIpc) is 3.04. The number of rotatable bonds is 19. The van der Waals surface area contributed by atoms with Crippen molar-refractivity contribution in [2.24, 2.45) is 5.92 Å². The van der Waals surface area contributed by atoms with Crippen molar-refractivity contribution in [3.63, 3.8) is 0 Å². The molecular weight excluding hydrogens is 564 g/mol. The molecule has 0 amide bonds. The molecule has 2 heterocycles. The highest BCUT2D eigenvalue weighted by molar-refractivity contribution is 5.61. The maximum absolute atomic E-state index is 10.5. The van der Waals surface area contributed by atoms with Crippen molar-refractivity contribution < 1.29 is 38.3 Å². The highest BCUT2D eigenvalue weighted by Crippen LogP contribution is 2.39. The summed E-state index contributed by atoms with van der Waals surface area (Å²) in [5.41, 5.74) is 3.53. The van der Waals surface area contributed by atoms with E-state index in [2.05, 4.69) is 53.5 Å². The van der Waals surface area contributed by atoms with Crippen LogP contribution >= 0.6 is 0 Å². The Hall–Kier alpha value is -2.28. The Balaban J connectivity index is 1.49. The molecule has 44 heavy (non-hydrogen) atoms. The molecule has 4 atom stereocenters. The molecule has 2 N–H and O–H groups in total. The van der Waals surface area contributed by atoms with Crippen molar-refractivity contribution in [1.29, 1.82) is 0 Å². The number of nitrogens with zero attached hydrogens (tertiary/aromatic N) is 1. The molecule has 2 aromatic rings. The third kappa shape index (κ3) is 9.61. The molecule has 0 spiro atoms. The van der Waals surface area contributed by atoms with E-state index in [1.54, 1.807) is 21.3 Å². The molecule has 0 aromatic heterocycles. The van der Waals surface area contributed by atoms with Crippen LogP contribution in [0.25, 0.3) is 0 Å². The summed E-state index contributed by atoms with van der Waals surface area (Å²) >= 11 is 0. The van der Waals surface area contributed by atoms with Gasteiger partial charge in [-0.2, -0.15) is 0 Å². The quantitative estimate of drug-likeness (QED) is 0.228. The SMILES string of the molecule is COCCCN1CCOc2ccc(CO[C@H]3CNCC[C@]3(OCC(O)COC)c3ccc(COCC(C)COC)cc3)cc21. The number of aliphatic hydroxyl groups excluding tert-OH is 1. The number of piperidine rings is 1. The van der Waals surface area contributed by atoms with E-state index in [9.17, 15) is 5.11 Å². The number of anilines is 1. The van der Waals surface area contributed by atoms with Crippen molar-refractivity contribution in [2.75, 3.05) is 92.0 Å². The van der Waals surface area contributed by atoms with Gasteiger partial charge in [0.25, 0.3) is 0 Å². The molecule has 246 valence electrons. The first kappa shape index (κ1) is 34.6. The Morgan fingerprint density at radius 2 is 1.77 bits per heavy atom. The molecule has 2 aliphatic heterocycles. The third-order valence-corrected chi connectivity index (χ3v) is 8.19. The first-order chi connectivity index (χ1) is 21.5. The lowest BCUT2D eigenvalue weighted by atomic mass is 9.81. The van der Waals surface area contributed by atoms with Gasteiger partial charge in [-0.25, -0.2) is 0 Å². The number of methoxy groups -OCH3 is 3. The molecule has 1 saturated heterocycles. The first-order valence-electron chi connectivity index (χ1n) is 15.8. The van der Waals surface area contributed by atoms with Gasteiger partial charge in [0.2, 0.25) is 0 Å². The number of fused-ring (bicyclic) bond motifs is 1. The molecular formula is C34H52N2O8. The van der Waals surface area contributed by atoms with Crippen LogP contribution in [0.2, 0.25) is 0 Å². The van der Waals surface area contributed by atoms with E-state index in [-0.39, 0.29) is 19.3 Å². The number of nitrogens with one attached hydrogen (secondary N) is 1. The smallest absolute Gasteiger partial charge is 0.142 e. The van der Waals surface area contributed by atoms with Crippen molar-refractivity contribution in [2.45, 2.75) is 50.8 Å². The lowest BCUT2D eigenvalue weighted by molar-refractivity contribution is -0.185. The topological polar surface area (TPSA) is 100 Å². The Kier molecular flexibility index (Phi) is 14.2. The predicted octanol–water partition coefficient (Wildman–Crippen LogP) is 3.52. The highest BCUT2D eigenvalue weighted by Gasteiger charge is 2.45. The summed E-state index contributed by atoms with van der Waals surface area (Å²) in [6, 6.07) is 14.7. The fourth-order valence-corrected chi connectivity index (χ4v) is 5.92. The summed E-state index contributed by atoms with van der Waals surface area (Å²) in [6.45, 7) is 9.28. The Morgan fingerprint density at radius 1 is 0.977 bits per heavy atom. The van der Waals surface area contributed by atoms with Crippen LogP contribution in [-0.4, -0.2) is 104 Å². The Morgan fingerprint density at radius 3 is 2.55 bits per heavy atom. The lowest BCUT2D eigenvalue weighted by Crippen LogP contribution is -2.55. The van der Waals surface area contributed by atoms with Crippen LogP contribution in [0.1, 0.15) is 36.5 Å². The van der Waals surface area contributed by atoms with Crippen LogP contribution < -0.4 is 15.0 Å². The Labute approximate surface area is 262 Å². The zero-order valence-electron chi connectivity index (χ0n) is 26.9. The zero-order valence-corrected chi connectivity index (χ0v) is 26.9. The molecule has 4 rings (SSSR count). The standard InChI is InChI=1S/C34H52N2O8/c1-26(20-39-3)21-41-22-27-6-9-29(10-7-27)34(44-25-30(37)24-40-4)12-13-35-19-33(34)43-23-28-8-11-32-31(18-28)36(15-17-42-32)14-5-16-38-2/h6-11,18,26,30,33,35,37H,5,12-17,19-25H2,1-4H3/t26?,30?,33-,34-/m0/s1. The number of ether oxygens (including phenoxy) is 7. The van der Waals surface area contributed by atoms with Gasteiger partial charge in [-0.3, -0.25) is 0 Å². The number of hydrogen-bond donors (Lipinski definition) is 2. The van der Waals surface area contributed by atoms with E-state index < -0.39 is 11.7 Å². The normalized spacial score (nSPS) is 21.5. The van der Waals surface area contributed by atoms with Gasteiger partial charge in [0.1, 0.15) is 30.2 Å². The molecule has 0 radical (unpaired) electrons. The maximum Gasteiger partial charge on any atom is 0.142 e. The summed E-state index contributed by atoms with van der Waals surface area (Å²) in [5.74, 6) is 1.24. The predicted molar refractivity (Wildman–Crippen MR) is 169 cm³/mol. The van der Waals surface area contributed by atoms with Crippen LogP contribution in [0.15, 0.2) is 42.5 Å². The number of benzene rings is 2. The van der Waals surface area contributed by atoms with Crippen LogP contribution in [-0.2, 0) is 47.2 Å². The monoisotopic (exact) mass is 616 g/mol. The highest BCUT2D eigenvalue weighted by atomic mass is 16.6. The van der Waals surface area contributed by atoms with Gasteiger partial charge in [-0.15, -0.1) is 0 Å². The average molecular weight is 617 g/mol. The van der Waals surface area contributed by atoms with Gasteiger partial charge in [0.05, 0.1) is 51.9 Å². The van der Waals surface area contributed by atoms with Gasteiger partial charge in [-0.05, 0) is 48.2 Å². The molecule has 0 saturated carbocycles. The second-order valence-corrected chi connectivity index (χ2v) is 11.8. The van der Waals surface area contributed by atoms with Gasteiger partial charge < -0.3 is 48.5 Å². The molecule has 2 aromatic carbocycles. The van der Waals surface area contributed by atoms with Crippen molar-refractivity contribution in [1.82, 2.24) is 5.32 Å². The fourth-order valence-electron chi connectivity index (χ4n) is 5.92. The summed E-state index contributed by atoms with van der Waals surface area (Å²) in [5, 5.41) is 14.0. The Bertz CT molecular complexity index is 1100. The molecule has 0 aliphatic carbocycles. The van der Waals surface area contributed by atoms with Gasteiger partial charge in [-0.1, -0.05) is 37.3 Å². The van der Waals surface area contributed by atoms with E-state index in [4.69, 9.17) is 33.2 Å². The first-order valence-corrected chi connectivity index (χ1v) is 15.8. The summed E-state index contributed by atoms with van der Waals surface area (Å²) in [7, 11) is 5.02. The zero-order chi connectivity index (χ0) is 31.2. The van der Waals surface area contributed by atoms with Crippen molar-refractivity contribution in [3.05, 3.63) is 59.2 Å². The molecule has 2 aliphatic rings. The second-order valence-electron chi connectivity index (χ2n) is 11.8. The second kappa shape index (κ2) is 18.0. The van der Waals surface area contributed by atoms with E-state index in [1.807, 2.05) is 6.07 Å². The van der Waals surface area contributed by atoms with Crippen LogP contribution in [0.4, 0.5) is 5.69 Å². The molecule has 10 nitrogen and oxygen atoms in total. The van der Waals surface area contributed by atoms with Crippen LogP contribution in [0, 0.1) is 5.92 Å². The van der Waals surface area contributed by atoms with Crippen LogP contribution in [0.3, 0.4) is 0 Å². The minimum absolute atomic E-state index is 0.141. The maximum atomic E-state index is 10.5. The minimum atomic E-state index is -0.740. The van der Waals surface area contributed by atoms with E-state index in [0.717, 1.165) is 60.8 Å². The van der Waals surface area contributed by atoms with Crippen molar-refractivity contribution in [3.8, 4) is 5.75 Å². The lowest BCUT2D eigenvalue weighted by Gasteiger charge is -2.44.